The molecular weight excluding hydrogens is 339 g/mol. The van der Waals surface area contributed by atoms with Crippen molar-refractivity contribution in [2.75, 3.05) is 10.7 Å². The number of carbonyl (C=O) groups is 1. The minimum absolute atomic E-state index is 0.0186. The summed E-state index contributed by atoms with van der Waals surface area (Å²) < 4.78 is 15.4. The predicted octanol–water partition coefficient (Wildman–Crippen LogP) is 3.37. The van der Waals surface area contributed by atoms with Crippen LogP contribution in [-0.4, -0.2) is 32.5 Å². The van der Waals surface area contributed by atoms with Crippen LogP contribution in [0.2, 0.25) is 0 Å². The Hall–Kier alpha value is -1.89. The lowest BCUT2D eigenvalue weighted by molar-refractivity contribution is -0.116. The number of aryl methyl sites for hydroxylation is 2. The number of amides is 1. The number of rotatable bonds is 5. The molecule has 0 saturated heterocycles. The Labute approximate surface area is 151 Å². The minimum Gasteiger partial charge on any atom is -0.309 e. The molecule has 2 aromatic rings. The van der Waals surface area contributed by atoms with E-state index in [1.165, 1.54) is 23.9 Å². The molecule has 0 unspecified atom stereocenters. The molecule has 1 atom stereocenters. The van der Waals surface area contributed by atoms with Crippen LogP contribution in [0.1, 0.15) is 38.1 Å². The molecule has 1 amide bonds. The van der Waals surface area contributed by atoms with E-state index in [0.29, 0.717) is 5.75 Å². The third-order valence-corrected chi connectivity index (χ3v) is 5.57. The van der Waals surface area contributed by atoms with Crippen LogP contribution in [0, 0.1) is 5.82 Å². The number of halogens is 1. The summed E-state index contributed by atoms with van der Waals surface area (Å²) in [6.07, 6.45) is 3.53. The first kappa shape index (κ1) is 17.9. The zero-order valence-corrected chi connectivity index (χ0v) is 15.6. The summed E-state index contributed by atoms with van der Waals surface area (Å²) in [5.41, 5.74) is 1.73. The maximum Gasteiger partial charge on any atom is 0.237 e. The molecule has 0 N–H and O–H groups in total. The van der Waals surface area contributed by atoms with Crippen LogP contribution >= 0.6 is 11.8 Å². The van der Waals surface area contributed by atoms with E-state index in [4.69, 9.17) is 0 Å². The Balaban J connectivity index is 1.73. The normalized spacial score (nSPS) is 16.8. The van der Waals surface area contributed by atoms with Crippen molar-refractivity contribution in [1.29, 1.82) is 0 Å². The zero-order valence-electron chi connectivity index (χ0n) is 14.8. The van der Waals surface area contributed by atoms with Crippen molar-refractivity contribution < 1.29 is 9.18 Å². The van der Waals surface area contributed by atoms with Crippen LogP contribution in [0.15, 0.2) is 23.4 Å². The summed E-state index contributed by atoms with van der Waals surface area (Å²) in [4.78, 5) is 14.6. The average molecular weight is 362 g/mol. The van der Waals surface area contributed by atoms with Gasteiger partial charge >= 0.3 is 0 Å². The van der Waals surface area contributed by atoms with Gasteiger partial charge in [-0.25, -0.2) is 4.39 Å². The molecule has 5 nitrogen and oxygen atoms in total. The summed E-state index contributed by atoms with van der Waals surface area (Å²) in [5.74, 6) is 0.992. The van der Waals surface area contributed by atoms with Crippen LogP contribution in [0.4, 0.5) is 10.1 Å². The van der Waals surface area contributed by atoms with Crippen molar-refractivity contribution in [3.05, 3.63) is 35.4 Å². The van der Waals surface area contributed by atoms with Gasteiger partial charge in [-0.2, -0.15) is 0 Å². The lowest BCUT2D eigenvalue weighted by Gasteiger charge is -2.35. The van der Waals surface area contributed by atoms with Crippen LogP contribution in [0.25, 0.3) is 0 Å². The second-order valence-corrected chi connectivity index (χ2v) is 7.36. The summed E-state index contributed by atoms with van der Waals surface area (Å²) in [6, 6.07) is 4.78. The molecule has 1 aromatic heterocycles. The van der Waals surface area contributed by atoms with Crippen molar-refractivity contribution in [2.24, 2.45) is 7.05 Å². The van der Waals surface area contributed by atoms with E-state index in [-0.39, 0.29) is 17.8 Å². The van der Waals surface area contributed by atoms with E-state index in [9.17, 15) is 9.18 Å². The van der Waals surface area contributed by atoms with Gasteiger partial charge in [0.1, 0.15) is 11.6 Å². The van der Waals surface area contributed by atoms with Crippen molar-refractivity contribution in [3.63, 3.8) is 0 Å². The van der Waals surface area contributed by atoms with E-state index in [0.717, 1.165) is 47.9 Å². The van der Waals surface area contributed by atoms with E-state index in [2.05, 4.69) is 17.1 Å². The molecule has 0 bridgehead atoms. The van der Waals surface area contributed by atoms with Crippen molar-refractivity contribution in [3.8, 4) is 0 Å². The first-order chi connectivity index (χ1) is 12.0. The molecule has 1 aliphatic rings. The van der Waals surface area contributed by atoms with Gasteiger partial charge in [-0.3, -0.25) is 4.79 Å². The Morgan fingerprint density at radius 2 is 2.20 bits per heavy atom. The zero-order chi connectivity index (χ0) is 18.0. The van der Waals surface area contributed by atoms with Gasteiger partial charge in [0, 0.05) is 25.2 Å². The topological polar surface area (TPSA) is 51.0 Å². The van der Waals surface area contributed by atoms with Gasteiger partial charge in [-0.1, -0.05) is 18.7 Å². The van der Waals surface area contributed by atoms with Gasteiger partial charge < -0.3 is 9.47 Å². The highest BCUT2D eigenvalue weighted by Crippen LogP contribution is 2.32. The lowest BCUT2D eigenvalue weighted by atomic mass is 9.96. The van der Waals surface area contributed by atoms with Gasteiger partial charge in [-0.15, -0.1) is 10.2 Å². The molecule has 0 radical (unpaired) electrons. The summed E-state index contributed by atoms with van der Waals surface area (Å²) in [7, 11) is 1.93. The first-order valence-electron chi connectivity index (χ1n) is 8.62. The van der Waals surface area contributed by atoms with E-state index in [1.807, 2.05) is 18.5 Å². The monoisotopic (exact) mass is 362 g/mol. The Morgan fingerprint density at radius 3 is 2.96 bits per heavy atom. The fourth-order valence-corrected chi connectivity index (χ4v) is 4.00. The SMILES string of the molecule is CCCc1nnc(SCC(=O)N2c3ccc(F)cc3CC[C@H]2C)n1C. The van der Waals surface area contributed by atoms with Gasteiger partial charge in [0.05, 0.1) is 5.75 Å². The van der Waals surface area contributed by atoms with E-state index in [1.54, 1.807) is 11.0 Å². The highest BCUT2D eigenvalue weighted by atomic mass is 32.2. The molecule has 25 heavy (non-hydrogen) atoms. The van der Waals surface area contributed by atoms with Gasteiger partial charge in [0.15, 0.2) is 5.16 Å². The molecule has 7 heteroatoms. The fourth-order valence-electron chi connectivity index (χ4n) is 3.21. The lowest BCUT2D eigenvalue weighted by Crippen LogP contribution is -2.43. The van der Waals surface area contributed by atoms with Crippen LogP contribution in [0.3, 0.4) is 0 Å². The van der Waals surface area contributed by atoms with E-state index >= 15 is 0 Å². The number of aromatic nitrogens is 3. The third-order valence-electron chi connectivity index (χ3n) is 4.57. The number of hydrogen-bond acceptors (Lipinski definition) is 4. The third kappa shape index (κ3) is 3.71. The summed E-state index contributed by atoms with van der Waals surface area (Å²) in [6.45, 7) is 4.14. The number of hydrogen-bond donors (Lipinski definition) is 0. The smallest absolute Gasteiger partial charge is 0.237 e. The molecule has 0 fully saturated rings. The van der Waals surface area contributed by atoms with Crippen LogP contribution in [-0.2, 0) is 24.7 Å². The van der Waals surface area contributed by atoms with E-state index < -0.39 is 0 Å². The number of anilines is 1. The fraction of sp³-hybridized carbons (Fsp3) is 0.500. The molecule has 0 saturated carbocycles. The molecule has 3 rings (SSSR count). The summed E-state index contributed by atoms with van der Waals surface area (Å²) >= 11 is 1.40. The number of nitrogens with zero attached hydrogens (tertiary/aromatic N) is 4. The van der Waals surface area contributed by atoms with Crippen molar-refractivity contribution in [1.82, 2.24) is 14.8 Å². The number of fused-ring (bicyclic) bond motifs is 1. The second-order valence-electron chi connectivity index (χ2n) is 6.42. The van der Waals surface area contributed by atoms with Crippen LogP contribution < -0.4 is 4.90 Å². The molecule has 134 valence electrons. The second kappa shape index (κ2) is 7.56. The van der Waals surface area contributed by atoms with Gasteiger partial charge in [-0.05, 0) is 49.9 Å². The predicted molar refractivity (Wildman–Crippen MR) is 97.4 cm³/mol. The van der Waals surface area contributed by atoms with Crippen molar-refractivity contribution in [2.45, 2.75) is 50.7 Å². The standard InChI is InChI=1S/C18H23FN4OS/c1-4-5-16-20-21-18(22(16)3)25-11-17(24)23-12(2)6-7-13-10-14(19)8-9-15(13)23/h8-10,12H,4-7,11H2,1-3H3/t12-/m1/s1. The molecular formula is C18H23FN4OS. The summed E-state index contributed by atoms with van der Waals surface area (Å²) in [5, 5.41) is 9.11. The number of benzene rings is 1. The highest BCUT2D eigenvalue weighted by Gasteiger charge is 2.28. The number of thioether (sulfide) groups is 1. The largest absolute Gasteiger partial charge is 0.309 e. The molecule has 0 spiro atoms. The molecule has 1 aliphatic heterocycles. The van der Waals surface area contributed by atoms with Crippen LogP contribution in [0.5, 0.6) is 0 Å². The van der Waals surface area contributed by atoms with Crippen molar-refractivity contribution >= 4 is 23.4 Å². The Bertz CT molecular complexity index is 776. The maximum absolute atomic E-state index is 13.5. The van der Waals surface area contributed by atoms with Gasteiger partial charge in [0.2, 0.25) is 5.91 Å². The minimum atomic E-state index is -0.252. The Kier molecular flexibility index (Phi) is 5.42. The van der Waals surface area contributed by atoms with Gasteiger partial charge in [0.25, 0.3) is 0 Å². The first-order valence-corrected chi connectivity index (χ1v) is 9.61. The molecule has 2 heterocycles. The number of carbonyl (C=O) groups excluding carboxylic acids is 1. The molecule has 1 aromatic carbocycles. The molecule has 0 aliphatic carbocycles. The quantitative estimate of drug-likeness (QED) is 0.765. The highest BCUT2D eigenvalue weighted by molar-refractivity contribution is 7.99. The Morgan fingerprint density at radius 1 is 1.40 bits per heavy atom. The average Bonchev–Trinajstić information content (AvgIpc) is 2.93. The maximum atomic E-state index is 13.5.